The molecule has 0 aliphatic carbocycles. The number of likely N-dealkylation sites (tertiary alicyclic amines) is 1. The molecule has 1 rings (SSSR count). The molecule has 0 spiro atoms. The fraction of sp³-hybridized carbons (Fsp3) is 1.00. The Balaban J connectivity index is 0.000000424. The van der Waals surface area contributed by atoms with E-state index >= 15 is 0 Å². The minimum atomic E-state index is 0.250. The molecule has 1 saturated heterocycles. The van der Waals surface area contributed by atoms with E-state index in [1.54, 1.807) is 6.92 Å². The number of nitrogens with zero attached hydrogens (tertiary/aromatic N) is 1. The first-order valence-corrected chi connectivity index (χ1v) is 5.28. The zero-order chi connectivity index (χ0) is 10.5. The highest BCUT2D eigenvalue weighted by molar-refractivity contribution is 4.88. The van der Waals surface area contributed by atoms with Crippen molar-refractivity contribution in [2.75, 3.05) is 20.2 Å². The predicted molar refractivity (Wildman–Crippen MR) is 57.9 cm³/mol. The van der Waals surface area contributed by atoms with Gasteiger partial charge < -0.3 is 10.0 Å². The van der Waals surface area contributed by atoms with Crippen molar-refractivity contribution >= 4 is 0 Å². The van der Waals surface area contributed by atoms with Crippen LogP contribution in [0.1, 0.15) is 40.5 Å². The fourth-order valence-corrected chi connectivity index (χ4v) is 1.65. The Bertz CT molecular complexity index is 122. The molecule has 1 aliphatic rings. The van der Waals surface area contributed by atoms with Crippen LogP contribution in [0.25, 0.3) is 0 Å². The zero-order valence-electron chi connectivity index (χ0n) is 9.80. The minimum Gasteiger partial charge on any atom is -0.397 e. The third-order valence-electron chi connectivity index (χ3n) is 3.32. The van der Waals surface area contributed by atoms with E-state index in [0.717, 1.165) is 5.92 Å². The summed E-state index contributed by atoms with van der Waals surface area (Å²) in [7, 11) is 2.23. The van der Waals surface area contributed by atoms with Gasteiger partial charge in [0.1, 0.15) is 0 Å². The number of aliphatic hydroxyl groups is 1. The lowest BCUT2D eigenvalue weighted by molar-refractivity contribution is 0.0547. The van der Waals surface area contributed by atoms with Gasteiger partial charge >= 0.3 is 0 Å². The van der Waals surface area contributed by atoms with Crippen LogP contribution in [0.4, 0.5) is 0 Å². The first-order valence-electron chi connectivity index (χ1n) is 5.28. The Kier molecular flexibility index (Phi) is 5.57. The van der Waals surface area contributed by atoms with Gasteiger partial charge in [-0.3, -0.25) is 0 Å². The lowest BCUT2D eigenvalue weighted by atomic mass is 9.81. The van der Waals surface area contributed by atoms with Crippen LogP contribution in [0.15, 0.2) is 0 Å². The second-order valence-electron chi connectivity index (χ2n) is 4.43. The van der Waals surface area contributed by atoms with E-state index in [0.29, 0.717) is 5.54 Å². The summed E-state index contributed by atoms with van der Waals surface area (Å²) in [5.41, 5.74) is 0.429. The topological polar surface area (TPSA) is 23.5 Å². The summed E-state index contributed by atoms with van der Waals surface area (Å²) in [5, 5.41) is 7.57. The number of hydrogen-bond acceptors (Lipinski definition) is 2. The van der Waals surface area contributed by atoms with Gasteiger partial charge in [0.2, 0.25) is 0 Å². The van der Waals surface area contributed by atoms with Crippen LogP contribution in [0.5, 0.6) is 0 Å². The van der Waals surface area contributed by atoms with Gasteiger partial charge in [-0.2, -0.15) is 0 Å². The van der Waals surface area contributed by atoms with Crippen LogP contribution in [-0.2, 0) is 0 Å². The Morgan fingerprint density at radius 3 is 2.23 bits per heavy atom. The standard InChI is InChI=1S/C9H19N.C2H6O/c1-8-6-5-7-10(4)9(8,2)3;1-2-3/h8H,5-7H2,1-4H3;3H,2H2,1H3. The third kappa shape index (κ3) is 3.65. The first-order chi connectivity index (χ1) is 5.96. The van der Waals surface area contributed by atoms with Crippen molar-refractivity contribution in [1.82, 2.24) is 4.90 Å². The highest BCUT2D eigenvalue weighted by Gasteiger charge is 2.32. The Morgan fingerprint density at radius 2 is 1.92 bits per heavy atom. The maximum atomic E-state index is 7.57. The molecule has 1 unspecified atom stereocenters. The molecule has 0 bridgehead atoms. The molecular weight excluding hydrogens is 162 g/mol. The van der Waals surface area contributed by atoms with Gasteiger partial charge in [-0.25, -0.2) is 0 Å². The molecule has 0 radical (unpaired) electrons. The average Bonchev–Trinajstić information content (AvgIpc) is 2.03. The number of piperidine rings is 1. The van der Waals surface area contributed by atoms with Crippen molar-refractivity contribution in [3.63, 3.8) is 0 Å². The van der Waals surface area contributed by atoms with Crippen molar-refractivity contribution in [1.29, 1.82) is 0 Å². The molecule has 1 atom stereocenters. The second kappa shape index (κ2) is 5.61. The third-order valence-corrected chi connectivity index (χ3v) is 3.32. The van der Waals surface area contributed by atoms with Crippen molar-refractivity contribution < 1.29 is 5.11 Å². The highest BCUT2D eigenvalue weighted by Crippen LogP contribution is 2.30. The number of hydrogen-bond donors (Lipinski definition) is 1. The molecule has 2 heteroatoms. The summed E-state index contributed by atoms with van der Waals surface area (Å²) in [6, 6.07) is 0. The molecule has 13 heavy (non-hydrogen) atoms. The summed E-state index contributed by atoms with van der Waals surface area (Å²) >= 11 is 0. The van der Waals surface area contributed by atoms with Gasteiger partial charge in [-0.1, -0.05) is 6.92 Å². The molecule has 0 amide bonds. The Morgan fingerprint density at radius 1 is 1.46 bits per heavy atom. The van der Waals surface area contributed by atoms with E-state index in [9.17, 15) is 0 Å². The summed E-state index contributed by atoms with van der Waals surface area (Å²) in [6.45, 7) is 10.3. The molecule has 1 aliphatic heterocycles. The molecule has 1 heterocycles. The van der Waals surface area contributed by atoms with Crippen LogP contribution in [-0.4, -0.2) is 35.7 Å². The molecule has 0 aromatic rings. The molecule has 0 aromatic carbocycles. The molecule has 1 N–H and O–H groups in total. The lowest BCUT2D eigenvalue weighted by Gasteiger charge is -2.44. The van der Waals surface area contributed by atoms with Crippen molar-refractivity contribution in [3.8, 4) is 0 Å². The van der Waals surface area contributed by atoms with E-state index in [2.05, 4.69) is 32.7 Å². The highest BCUT2D eigenvalue weighted by atomic mass is 16.2. The normalized spacial score (nSPS) is 27.7. The molecule has 0 aromatic heterocycles. The number of rotatable bonds is 0. The average molecular weight is 187 g/mol. The zero-order valence-corrected chi connectivity index (χ0v) is 9.80. The van der Waals surface area contributed by atoms with Crippen LogP contribution >= 0.6 is 0 Å². The van der Waals surface area contributed by atoms with Gasteiger partial charge in [0.05, 0.1) is 0 Å². The van der Waals surface area contributed by atoms with E-state index in [1.165, 1.54) is 19.4 Å². The van der Waals surface area contributed by atoms with Crippen molar-refractivity contribution in [2.45, 2.75) is 46.1 Å². The molecular formula is C11H25NO. The largest absolute Gasteiger partial charge is 0.397 e. The summed E-state index contributed by atoms with van der Waals surface area (Å²) in [4.78, 5) is 2.47. The van der Waals surface area contributed by atoms with Crippen LogP contribution in [0, 0.1) is 5.92 Å². The molecule has 1 fully saturated rings. The van der Waals surface area contributed by atoms with Gasteiger partial charge in [-0.15, -0.1) is 0 Å². The monoisotopic (exact) mass is 187 g/mol. The molecule has 0 saturated carbocycles. The molecule has 80 valence electrons. The van der Waals surface area contributed by atoms with Crippen LogP contribution < -0.4 is 0 Å². The summed E-state index contributed by atoms with van der Waals surface area (Å²) in [5.74, 6) is 0.853. The van der Waals surface area contributed by atoms with Gasteiger partial charge in [-0.05, 0) is 53.1 Å². The van der Waals surface area contributed by atoms with E-state index < -0.39 is 0 Å². The SMILES string of the molecule is CC1CCCN(C)C1(C)C.CCO. The first kappa shape index (κ1) is 12.9. The van der Waals surface area contributed by atoms with Gasteiger partial charge in [0.25, 0.3) is 0 Å². The quantitative estimate of drug-likeness (QED) is 0.628. The van der Waals surface area contributed by atoms with E-state index in [4.69, 9.17) is 5.11 Å². The molecule has 2 nitrogen and oxygen atoms in total. The van der Waals surface area contributed by atoms with Crippen LogP contribution in [0.2, 0.25) is 0 Å². The predicted octanol–water partition coefficient (Wildman–Crippen LogP) is 2.13. The maximum absolute atomic E-state index is 7.57. The summed E-state index contributed by atoms with van der Waals surface area (Å²) < 4.78 is 0. The Labute approximate surface area is 82.9 Å². The smallest absolute Gasteiger partial charge is 0.0402 e. The Hall–Kier alpha value is -0.0800. The summed E-state index contributed by atoms with van der Waals surface area (Å²) in [6.07, 6.45) is 2.78. The maximum Gasteiger partial charge on any atom is 0.0402 e. The van der Waals surface area contributed by atoms with E-state index in [1.807, 2.05) is 0 Å². The van der Waals surface area contributed by atoms with E-state index in [-0.39, 0.29) is 6.61 Å². The minimum absolute atomic E-state index is 0.250. The second-order valence-corrected chi connectivity index (χ2v) is 4.43. The van der Waals surface area contributed by atoms with Gasteiger partial charge in [0.15, 0.2) is 0 Å². The fourth-order valence-electron chi connectivity index (χ4n) is 1.65. The van der Waals surface area contributed by atoms with Crippen molar-refractivity contribution in [3.05, 3.63) is 0 Å². The van der Waals surface area contributed by atoms with Crippen LogP contribution in [0.3, 0.4) is 0 Å². The van der Waals surface area contributed by atoms with Gasteiger partial charge in [0, 0.05) is 12.1 Å². The number of aliphatic hydroxyl groups excluding tert-OH is 1. The lowest BCUT2D eigenvalue weighted by Crippen LogP contribution is -2.49. The van der Waals surface area contributed by atoms with Crippen molar-refractivity contribution in [2.24, 2.45) is 5.92 Å².